The molecule has 0 spiro atoms. The van der Waals surface area contributed by atoms with E-state index in [0.29, 0.717) is 18.1 Å². The molecule has 0 fully saturated rings. The highest BCUT2D eigenvalue weighted by atomic mass is 32.1. The van der Waals surface area contributed by atoms with Gasteiger partial charge in [0.15, 0.2) is 0 Å². The van der Waals surface area contributed by atoms with Crippen LogP contribution in [0.2, 0.25) is 0 Å². The fourth-order valence-corrected chi connectivity index (χ4v) is 2.89. The first-order valence-corrected chi connectivity index (χ1v) is 8.78. The number of anilines is 1. The van der Waals surface area contributed by atoms with Crippen LogP contribution in [0.1, 0.15) is 16.8 Å². The molecule has 1 aromatic heterocycles. The Labute approximate surface area is 155 Å². The third-order valence-corrected chi connectivity index (χ3v) is 4.37. The maximum absolute atomic E-state index is 13.0. The van der Waals surface area contributed by atoms with Crippen LogP contribution in [0.25, 0.3) is 0 Å². The number of halogens is 1. The number of ether oxygens (including phenoxy) is 2. The largest absolute Gasteiger partial charge is 0.496 e. The lowest BCUT2D eigenvalue weighted by molar-refractivity contribution is 0.296. The lowest BCUT2D eigenvalue weighted by Crippen LogP contribution is -2.00. The molecule has 26 heavy (non-hydrogen) atoms. The van der Waals surface area contributed by atoms with Crippen molar-refractivity contribution in [2.24, 2.45) is 5.10 Å². The molecule has 0 radical (unpaired) electrons. The number of aryl methyl sites for hydroxylation is 1. The summed E-state index contributed by atoms with van der Waals surface area (Å²) >= 11 is 1.50. The Morgan fingerprint density at radius 1 is 1.23 bits per heavy atom. The highest BCUT2D eigenvalue weighted by molar-refractivity contribution is 7.13. The molecule has 7 heteroatoms. The van der Waals surface area contributed by atoms with Crippen LogP contribution in [0.4, 0.5) is 9.52 Å². The molecule has 2 aromatic carbocycles. The summed E-state index contributed by atoms with van der Waals surface area (Å²) in [7, 11) is 1.61. The molecule has 1 N–H and O–H groups in total. The summed E-state index contributed by atoms with van der Waals surface area (Å²) in [6.07, 6.45) is 1.71. The van der Waals surface area contributed by atoms with Crippen molar-refractivity contribution in [3.63, 3.8) is 0 Å². The molecule has 0 amide bonds. The van der Waals surface area contributed by atoms with Crippen LogP contribution in [-0.4, -0.2) is 18.3 Å². The summed E-state index contributed by atoms with van der Waals surface area (Å²) in [5, 5.41) is 6.90. The van der Waals surface area contributed by atoms with Gasteiger partial charge in [-0.15, -0.1) is 11.3 Å². The Morgan fingerprint density at radius 3 is 2.73 bits per heavy atom. The molecule has 3 aromatic rings. The first kappa shape index (κ1) is 17.9. The standard InChI is InChI=1S/C19H18FN3O2S/c1-13-12-26-19(22-13)23-21-10-14-3-8-18(24-2)15(9-14)11-25-17-6-4-16(20)5-7-17/h3-10,12H,11H2,1-2H3,(H,22,23). The first-order chi connectivity index (χ1) is 12.6. The van der Waals surface area contributed by atoms with Crippen molar-refractivity contribution >= 4 is 22.7 Å². The average Bonchev–Trinajstić information content (AvgIpc) is 3.06. The molecule has 5 nitrogen and oxygen atoms in total. The van der Waals surface area contributed by atoms with Crippen molar-refractivity contribution in [1.29, 1.82) is 0 Å². The summed E-state index contributed by atoms with van der Waals surface area (Å²) in [4.78, 5) is 4.28. The van der Waals surface area contributed by atoms with E-state index < -0.39 is 0 Å². The fourth-order valence-electron chi connectivity index (χ4n) is 2.25. The summed E-state index contributed by atoms with van der Waals surface area (Å²) < 4.78 is 24.0. The van der Waals surface area contributed by atoms with Crippen LogP contribution in [0, 0.1) is 12.7 Å². The minimum Gasteiger partial charge on any atom is -0.496 e. The topological polar surface area (TPSA) is 55.7 Å². The molecule has 134 valence electrons. The Kier molecular flexibility index (Phi) is 5.80. The lowest BCUT2D eigenvalue weighted by Gasteiger charge is -2.11. The van der Waals surface area contributed by atoms with Gasteiger partial charge in [0.05, 0.1) is 19.0 Å². The zero-order valence-corrected chi connectivity index (χ0v) is 15.2. The maximum Gasteiger partial charge on any atom is 0.203 e. The van der Waals surface area contributed by atoms with E-state index in [1.165, 1.54) is 23.5 Å². The predicted octanol–water partition coefficient (Wildman–Crippen LogP) is 4.62. The van der Waals surface area contributed by atoms with Gasteiger partial charge in [-0.2, -0.15) is 5.10 Å². The molecule has 0 saturated carbocycles. The lowest BCUT2D eigenvalue weighted by atomic mass is 10.1. The number of hydrogen-bond acceptors (Lipinski definition) is 6. The number of aromatic nitrogens is 1. The van der Waals surface area contributed by atoms with Crippen LogP contribution in [0.5, 0.6) is 11.5 Å². The normalized spacial score (nSPS) is 10.9. The summed E-state index contributed by atoms with van der Waals surface area (Å²) in [6, 6.07) is 11.6. The van der Waals surface area contributed by atoms with Crippen molar-refractivity contribution in [1.82, 2.24) is 4.98 Å². The summed E-state index contributed by atoms with van der Waals surface area (Å²) in [5.74, 6) is 1.01. The molecule has 3 rings (SSSR count). The zero-order valence-electron chi connectivity index (χ0n) is 14.4. The third-order valence-electron chi connectivity index (χ3n) is 3.51. The summed E-state index contributed by atoms with van der Waals surface area (Å²) in [5.41, 5.74) is 5.62. The monoisotopic (exact) mass is 371 g/mol. The van der Waals surface area contributed by atoms with Gasteiger partial charge >= 0.3 is 0 Å². The highest BCUT2D eigenvalue weighted by Gasteiger charge is 2.06. The highest BCUT2D eigenvalue weighted by Crippen LogP contribution is 2.22. The quantitative estimate of drug-likeness (QED) is 0.486. The van der Waals surface area contributed by atoms with Crippen molar-refractivity contribution in [2.45, 2.75) is 13.5 Å². The molecule has 0 atom stereocenters. The van der Waals surface area contributed by atoms with E-state index in [4.69, 9.17) is 9.47 Å². The molecule has 0 saturated heterocycles. The van der Waals surface area contributed by atoms with E-state index in [0.717, 1.165) is 22.0 Å². The van der Waals surface area contributed by atoms with Gasteiger partial charge in [-0.05, 0) is 55.0 Å². The van der Waals surface area contributed by atoms with Crippen molar-refractivity contribution < 1.29 is 13.9 Å². The Bertz CT molecular complexity index is 894. The van der Waals surface area contributed by atoms with Crippen LogP contribution >= 0.6 is 11.3 Å². The summed E-state index contributed by atoms with van der Waals surface area (Å²) in [6.45, 7) is 2.23. The van der Waals surface area contributed by atoms with Crippen LogP contribution < -0.4 is 14.9 Å². The maximum atomic E-state index is 13.0. The van der Waals surface area contributed by atoms with Gasteiger partial charge in [0.1, 0.15) is 23.9 Å². The zero-order chi connectivity index (χ0) is 18.4. The molecule has 1 heterocycles. The van der Waals surface area contributed by atoms with Crippen molar-refractivity contribution in [3.8, 4) is 11.5 Å². The van der Waals surface area contributed by atoms with Crippen LogP contribution in [0.3, 0.4) is 0 Å². The second-order valence-electron chi connectivity index (χ2n) is 5.48. The van der Waals surface area contributed by atoms with E-state index in [1.54, 1.807) is 25.5 Å². The fraction of sp³-hybridized carbons (Fsp3) is 0.158. The Hall–Kier alpha value is -2.93. The van der Waals surface area contributed by atoms with Crippen LogP contribution in [-0.2, 0) is 6.61 Å². The first-order valence-electron chi connectivity index (χ1n) is 7.90. The van der Waals surface area contributed by atoms with Gasteiger partial charge in [-0.3, -0.25) is 5.43 Å². The van der Waals surface area contributed by atoms with Gasteiger partial charge in [0.2, 0.25) is 5.13 Å². The molecule has 0 aliphatic rings. The van der Waals surface area contributed by atoms with Gasteiger partial charge in [0.25, 0.3) is 0 Å². The predicted molar refractivity (Wildman–Crippen MR) is 102 cm³/mol. The Morgan fingerprint density at radius 2 is 2.04 bits per heavy atom. The van der Waals surface area contributed by atoms with E-state index in [-0.39, 0.29) is 5.82 Å². The average molecular weight is 371 g/mol. The van der Waals surface area contributed by atoms with E-state index in [2.05, 4.69) is 15.5 Å². The Balaban J connectivity index is 1.68. The minimum atomic E-state index is -0.295. The van der Waals surface area contributed by atoms with E-state index in [1.807, 2.05) is 30.5 Å². The molecule has 0 aliphatic heterocycles. The van der Waals surface area contributed by atoms with E-state index in [9.17, 15) is 4.39 Å². The number of nitrogens with zero attached hydrogens (tertiary/aromatic N) is 2. The molecule has 0 unspecified atom stereocenters. The van der Waals surface area contributed by atoms with Gasteiger partial charge in [-0.1, -0.05) is 0 Å². The molecular weight excluding hydrogens is 353 g/mol. The number of thiazole rings is 1. The smallest absolute Gasteiger partial charge is 0.203 e. The third kappa shape index (κ3) is 4.80. The number of hydrogen-bond donors (Lipinski definition) is 1. The second-order valence-corrected chi connectivity index (χ2v) is 6.34. The van der Waals surface area contributed by atoms with Gasteiger partial charge in [0, 0.05) is 10.9 Å². The van der Waals surface area contributed by atoms with Crippen LogP contribution in [0.15, 0.2) is 52.9 Å². The second kappa shape index (κ2) is 8.44. The number of nitrogens with one attached hydrogen (secondary N) is 1. The minimum absolute atomic E-state index is 0.295. The number of methoxy groups -OCH3 is 1. The molecule has 0 aliphatic carbocycles. The van der Waals surface area contributed by atoms with Crippen molar-refractivity contribution in [3.05, 3.63) is 70.5 Å². The van der Waals surface area contributed by atoms with E-state index >= 15 is 0 Å². The number of benzene rings is 2. The number of rotatable bonds is 7. The molecular formula is C19H18FN3O2S. The number of hydrazone groups is 1. The SMILES string of the molecule is COc1ccc(C=NNc2nc(C)cs2)cc1COc1ccc(F)cc1. The van der Waals surface area contributed by atoms with Crippen molar-refractivity contribution in [2.75, 3.05) is 12.5 Å². The molecule has 0 bridgehead atoms. The van der Waals surface area contributed by atoms with Gasteiger partial charge in [-0.25, -0.2) is 9.37 Å². The van der Waals surface area contributed by atoms with Gasteiger partial charge < -0.3 is 9.47 Å².